The molecule has 0 aliphatic carbocycles. The minimum Gasteiger partial charge on any atom is -0.497 e. The van der Waals surface area contributed by atoms with Gasteiger partial charge in [0.2, 0.25) is 6.79 Å². The van der Waals surface area contributed by atoms with Gasteiger partial charge in [0.25, 0.3) is 5.91 Å². The lowest BCUT2D eigenvalue weighted by Crippen LogP contribution is -2.38. The Kier molecular flexibility index (Phi) is 6.10. The molecule has 1 aliphatic rings. The Morgan fingerprint density at radius 2 is 1.63 bits per heavy atom. The Morgan fingerprint density at radius 3 is 2.37 bits per heavy atom. The second-order valence-electron chi connectivity index (χ2n) is 7.12. The molecule has 154 valence electrons. The van der Waals surface area contributed by atoms with Crippen molar-refractivity contribution in [3.05, 3.63) is 88.4 Å². The highest BCUT2D eigenvalue weighted by Crippen LogP contribution is 2.33. The van der Waals surface area contributed by atoms with E-state index in [1.807, 2.05) is 42.5 Å². The fourth-order valence-electron chi connectivity index (χ4n) is 3.44. The molecule has 30 heavy (non-hydrogen) atoms. The van der Waals surface area contributed by atoms with Crippen LogP contribution in [0.4, 0.5) is 0 Å². The van der Waals surface area contributed by atoms with Gasteiger partial charge in [-0.05, 0) is 72.5 Å². The Labute approximate surface area is 180 Å². The van der Waals surface area contributed by atoms with Crippen molar-refractivity contribution in [1.82, 2.24) is 5.32 Å². The van der Waals surface area contributed by atoms with Crippen molar-refractivity contribution in [1.29, 1.82) is 0 Å². The van der Waals surface area contributed by atoms with Gasteiger partial charge in [-0.15, -0.1) is 0 Å². The van der Waals surface area contributed by atoms with E-state index in [4.69, 9.17) is 25.8 Å². The fraction of sp³-hybridized carbons (Fsp3) is 0.208. The molecule has 1 aliphatic heterocycles. The smallest absolute Gasteiger partial charge is 0.251 e. The predicted molar refractivity (Wildman–Crippen MR) is 116 cm³/mol. The van der Waals surface area contributed by atoms with E-state index >= 15 is 0 Å². The molecule has 0 aromatic heterocycles. The van der Waals surface area contributed by atoms with Gasteiger partial charge in [0.05, 0.1) is 7.11 Å². The average Bonchev–Trinajstić information content (AvgIpc) is 3.22. The maximum absolute atomic E-state index is 12.8. The lowest BCUT2D eigenvalue weighted by atomic mass is 9.98. The summed E-state index contributed by atoms with van der Waals surface area (Å²) in [4.78, 5) is 12.8. The molecule has 0 bridgehead atoms. The lowest BCUT2D eigenvalue weighted by molar-refractivity contribution is 0.0936. The first-order valence-corrected chi connectivity index (χ1v) is 10.1. The molecule has 0 saturated heterocycles. The van der Waals surface area contributed by atoms with Crippen LogP contribution in [0.2, 0.25) is 5.02 Å². The molecule has 5 nitrogen and oxygen atoms in total. The quantitative estimate of drug-likeness (QED) is 0.600. The molecule has 0 saturated carbocycles. The number of carbonyl (C=O) groups is 1. The summed E-state index contributed by atoms with van der Waals surface area (Å²) in [5.74, 6) is 2.15. The molecule has 0 radical (unpaired) electrons. The van der Waals surface area contributed by atoms with Crippen LogP contribution in [-0.4, -0.2) is 25.9 Å². The van der Waals surface area contributed by atoms with Gasteiger partial charge in [-0.3, -0.25) is 4.79 Å². The molecule has 3 aromatic carbocycles. The van der Waals surface area contributed by atoms with Crippen molar-refractivity contribution in [3.8, 4) is 17.2 Å². The maximum atomic E-state index is 12.8. The summed E-state index contributed by atoms with van der Waals surface area (Å²) in [5, 5.41) is 3.76. The minimum atomic E-state index is -0.133. The molecular weight excluding hydrogens is 402 g/mol. The van der Waals surface area contributed by atoms with Crippen LogP contribution >= 0.6 is 11.6 Å². The summed E-state index contributed by atoms with van der Waals surface area (Å²) >= 11 is 5.94. The van der Waals surface area contributed by atoms with Crippen LogP contribution in [-0.2, 0) is 12.8 Å². The van der Waals surface area contributed by atoms with Crippen LogP contribution in [0.15, 0.2) is 66.7 Å². The normalized spacial score (nSPS) is 13.0. The average molecular weight is 424 g/mol. The molecule has 0 spiro atoms. The topological polar surface area (TPSA) is 56.8 Å². The predicted octanol–water partition coefficient (Wildman–Crippen LogP) is 4.66. The summed E-state index contributed by atoms with van der Waals surface area (Å²) in [6, 6.07) is 20.5. The highest BCUT2D eigenvalue weighted by molar-refractivity contribution is 6.30. The largest absolute Gasteiger partial charge is 0.497 e. The highest BCUT2D eigenvalue weighted by Gasteiger charge is 2.18. The van der Waals surface area contributed by atoms with Crippen LogP contribution in [0, 0.1) is 0 Å². The molecule has 1 N–H and O–H groups in total. The summed E-state index contributed by atoms with van der Waals surface area (Å²) in [7, 11) is 1.64. The van der Waals surface area contributed by atoms with Gasteiger partial charge in [-0.2, -0.15) is 0 Å². The van der Waals surface area contributed by atoms with Crippen molar-refractivity contribution in [2.24, 2.45) is 0 Å². The van der Waals surface area contributed by atoms with Gasteiger partial charge in [0, 0.05) is 16.6 Å². The Bertz CT molecular complexity index is 1020. The summed E-state index contributed by atoms with van der Waals surface area (Å²) in [6.07, 6.45) is 1.33. The number of ether oxygens (including phenoxy) is 3. The van der Waals surface area contributed by atoms with Crippen LogP contribution in [0.25, 0.3) is 0 Å². The van der Waals surface area contributed by atoms with E-state index in [0.717, 1.165) is 28.4 Å². The number of fused-ring (bicyclic) bond motifs is 1. The van der Waals surface area contributed by atoms with Crippen LogP contribution < -0.4 is 19.5 Å². The monoisotopic (exact) mass is 423 g/mol. The minimum absolute atomic E-state index is 0.109. The molecular formula is C24H22ClNO4. The van der Waals surface area contributed by atoms with Gasteiger partial charge in [0.1, 0.15) is 5.75 Å². The van der Waals surface area contributed by atoms with Gasteiger partial charge in [0.15, 0.2) is 11.5 Å². The third kappa shape index (κ3) is 4.86. The number of nitrogens with one attached hydrogen (secondary N) is 1. The van der Waals surface area contributed by atoms with E-state index in [9.17, 15) is 4.79 Å². The first-order valence-electron chi connectivity index (χ1n) is 9.68. The zero-order chi connectivity index (χ0) is 20.9. The first-order chi connectivity index (χ1) is 14.6. The van der Waals surface area contributed by atoms with E-state index in [-0.39, 0.29) is 18.7 Å². The highest BCUT2D eigenvalue weighted by atomic mass is 35.5. The number of rotatable bonds is 7. The summed E-state index contributed by atoms with van der Waals surface area (Å²) < 4.78 is 16.1. The number of amides is 1. The van der Waals surface area contributed by atoms with E-state index in [1.165, 1.54) is 0 Å². The molecule has 1 unspecified atom stereocenters. The Balaban J connectivity index is 1.53. The van der Waals surface area contributed by atoms with Gasteiger partial charge < -0.3 is 19.5 Å². The Morgan fingerprint density at radius 1 is 0.967 bits per heavy atom. The standard InChI is InChI=1S/C24H22ClNO4/c1-28-21-9-2-16(3-10-21)12-20(26-24(27)18-5-7-19(25)8-6-18)13-17-4-11-22-23(14-17)30-15-29-22/h2-11,14,20H,12-13,15H2,1H3,(H,26,27). The molecule has 6 heteroatoms. The number of benzene rings is 3. The number of carbonyl (C=O) groups excluding carboxylic acids is 1. The van der Waals surface area contributed by atoms with Crippen molar-refractivity contribution < 1.29 is 19.0 Å². The van der Waals surface area contributed by atoms with E-state index in [2.05, 4.69) is 5.32 Å². The van der Waals surface area contributed by atoms with Crippen LogP contribution in [0.5, 0.6) is 17.2 Å². The molecule has 1 heterocycles. The maximum Gasteiger partial charge on any atom is 0.251 e. The van der Waals surface area contributed by atoms with Gasteiger partial charge in [-0.1, -0.05) is 29.8 Å². The second kappa shape index (κ2) is 9.09. The molecule has 1 atom stereocenters. The molecule has 0 fully saturated rings. The van der Waals surface area contributed by atoms with E-state index in [1.54, 1.807) is 31.4 Å². The second-order valence-corrected chi connectivity index (χ2v) is 7.56. The zero-order valence-electron chi connectivity index (χ0n) is 16.6. The first kappa shape index (κ1) is 20.1. The van der Waals surface area contributed by atoms with Crippen molar-refractivity contribution in [2.75, 3.05) is 13.9 Å². The van der Waals surface area contributed by atoms with Crippen LogP contribution in [0.1, 0.15) is 21.5 Å². The lowest BCUT2D eigenvalue weighted by Gasteiger charge is -2.20. The zero-order valence-corrected chi connectivity index (χ0v) is 17.3. The van der Waals surface area contributed by atoms with Crippen molar-refractivity contribution in [2.45, 2.75) is 18.9 Å². The third-order valence-electron chi connectivity index (χ3n) is 5.00. The van der Waals surface area contributed by atoms with Crippen LogP contribution in [0.3, 0.4) is 0 Å². The molecule has 3 aromatic rings. The van der Waals surface area contributed by atoms with E-state index < -0.39 is 0 Å². The van der Waals surface area contributed by atoms with E-state index in [0.29, 0.717) is 23.4 Å². The van der Waals surface area contributed by atoms with Crippen molar-refractivity contribution in [3.63, 3.8) is 0 Å². The number of halogens is 1. The summed E-state index contributed by atoms with van der Waals surface area (Å²) in [5.41, 5.74) is 2.75. The molecule has 1 amide bonds. The van der Waals surface area contributed by atoms with Gasteiger partial charge >= 0.3 is 0 Å². The third-order valence-corrected chi connectivity index (χ3v) is 5.25. The SMILES string of the molecule is COc1ccc(CC(Cc2ccc3c(c2)OCO3)NC(=O)c2ccc(Cl)cc2)cc1. The number of methoxy groups -OCH3 is 1. The number of hydrogen-bond acceptors (Lipinski definition) is 4. The van der Waals surface area contributed by atoms with Crippen molar-refractivity contribution >= 4 is 17.5 Å². The summed E-state index contributed by atoms with van der Waals surface area (Å²) in [6.45, 7) is 0.237. The fourth-order valence-corrected chi connectivity index (χ4v) is 3.57. The van der Waals surface area contributed by atoms with Gasteiger partial charge in [-0.25, -0.2) is 0 Å². The Hall–Kier alpha value is -3.18. The molecule has 4 rings (SSSR count). The number of hydrogen-bond donors (Lipinski definition) is 1.